The molecule has 2 amide bonds. The Hall–Kier alpha value is -3.87. The highest BCUT2D eigenvalue weighted by atomic mass is 16.2. The zero-order valence-corrected chi connectivity index (χ0v) is 17.1. The van der Waals surface area contributed by atoms with Crippen LogP contribution in [-0.4, -0.2) is 20.6 Å². The molecule has 0 bridgehead atoms. The van der Waals surface area contributed by atoms with E-state index in [2.05, 4.69) is 31.4 Å². The van der Waals surface area contributed by atoms with Crippen LogP contribution in [0.5, 0.6) is 0 Å². The molecule has 0 unspecified atom stereocenters. The second kappa shape index (κ2) is 8.10. The Morgan fingerprint density at radius 2 is 1.61 bits per heavy atom. The molecule has 7 nitrogen and oxygen atoms in total. The van der Waals surface area contributed by atoms with E-state index in [1.807, 2.05) is 54.6 Å². The van der Waals surface area contributed by atoms with Gasteiger partial charge >= 0.3 is 6.03 Å². The van der Waals surface area contributed by atoms with Crippen molar-refractivity contribution in [3.8, 4) is 11.1 Å². The molecule has 2 heterocycles. The first kappa shape index (κ1) is 19.1. The molecule has 1 fully saturated rings. The van der Waals surface area contributed by atoms with Crippen LogP contribution >= 0.6 is 0 Å². The molecule has 2 aromatic heterocycles. The maximum absolute atomic E-state index is 12.2. The SMILES string of the molecule is Nc1ncnc2c1c(-c1ccc(NC(=O)Nc3ccccc3)cc1)cn2C1CCCC1. The van der Waals surface area contributed by atoms with Gasteiger partial charge in [-0.25, -0.2) is 14.8 Å². The van der Waals surface area contributed by atoms with E-state index < -0.39 is 0 Å². The lowest BCUT2D eigenvalue weighted by atomic mass is 10.1. The molecule has 5 rings (SSSR count). The topological polar surface area (TPSA) is 97.9 Å². The predicted molar refractivity (Wildman–Crippen MR) is 124 cm³/mol. The largest absolute Gasteiger partial charge is 0.383 e. The molecule has 7 heteroatoms. The number of nitrogens with zero attached hydrogens (tertiary/aromatic N) is 3. The van der Waals surface area contributed by atoms with E-state index in [0.29, 0.717) is 17.5 Å². The number of carbonyl (C=O) groups is 1. The molecule has 0 atom stereocenters. The second-order valence-electron chi connectivity index (χ2n) is 7.87. The monoisotopic (exact) mass is 412 g/mol. The molecule has 156 valence electrons. The molecule has 4 aromatic rings. The first-order valence-electron chi connectivity index (χ1n) is 10.5. The van der Waals surface area contributed by atoms with Crippen molar-refractivity contribution in [1.82, 2.24) is 14.5 Å². The Morgan fingerprint density at radius 1 is 0.935 bits per heavy atom. The standard InChI is InChI=1S/C24H24N6O/c25-22-21-20(14-30(19-8-4-5-9-19)23(21)27-15-26-22)16-10-12-18(13-11-16)29-24(31)28-17-6-2-1-3-7-17/h1-3,6-7,10-15,19H,4-5,8-9H2,(H2,25,26,27)(H2,28,29,31). The molecule has 1 aliphatic rings. The minimum atomic E-state index is -0.283. The summed E-state index contributed by atoms with van der Waals surface area (Å²) >= 11 is 0. The number of aromatic nitrogens is 3. The van der Waals surface area contributed by atoms with E-state index in [4.69, 9.17) is 5.73 Å². The van der Waals surface area contributed by atoms with Crippen molar-refractivity contribution in [2.45, 2.75) is 31.7 Å². The van der Waals surface area contributed by atoms with Crippen molar-refractivity contribution >= 4 is 34.3 Å². The van der Waals surface area contributed by atoms with Crippen molar-refractivity contribution in [2.24, 2.45) is 0 Å². The minimum absolute atomic E-state index is 0.283. The Morgan fingerprint density at radius 3 is 2.32 bits per heavy atom. The van der Waals surface area contributed by atoms with Gasteiger partial charge in [0.15, 0.2) is 0 Å². The number of hydrogen-bond donors (Lipinski definition) is 3. The third-order valence-electron chi connectivity index (χ3n) is 5.84. The molecule has 0 radical (unpaired) electrons. The van der Waals surface area contributed by atoms with Gasteiger partial charge in [0.25, 0.3) is 0 Å². The van der Waals surface area contributed by atoms with Gasteiger partial charge in [0.2, 0.25) is 0 Å². The number of anilines is 3. The molecule has 1 saturated carbocycles. The average Bonchev–Trinajstić information content (AvgIpc) is 3.43. The summed E-state index contributed by atoms with van der Waals surface area (Å²) in [6, 6.07) is 17.3. The molecule has 2 aromatic carbocycles. The lowest BCUT2D eigenvalue weighted by molar-refractivity contribution is 0.262. The van der Waals surface area contributed by atoms with E-state index in [9.17, 15) is 4.79 Å². The van der Waals surface area contributed by atoms with Crippen molar-refractivity contribution in [3.63, 3.8) is 0 Å². The second-order valence-corrected chi connectivity index (χ2v) is 7.87. The molecular formula is C24H24N6O. The van der Waals surface area contributed by atoms with Gasteiger partial charge in [0, 0.05) is 29.2 Å². The highest BCUT2D eigenvalue weighted by Gasteiger charge is 2.22. The van der Waals surface area contributed by atoms with Gasteiger partial charge < -0.3 is 20.9 Å². The van der Waals surface area contributed by atoms with Gasteiger partial charge in [-0.05, 0) is 42.7 Å². The average molecular weight is 412 g/mol. The summed E-state index contributed by atoms with van der Waals surface area (Å²) < 4.78 is 2.26. The van der Waals surface area contributed by atoms with Crippen LogP contribution in [0.25, 0.3) is 22.2 Å². The van der Waals surface area contributed by atoms with Gasteiger partial charge in [-0.2, -0.15) is 0 Å². The number of amides is 2. The molecular weight excluding hydrogens is 388 g/mol. The molecule has 0 spiro atoms. The van der Waals surface area contributed by atoms with Crippen LogP contribution in [0.2, 0.25) is 0 Å². The van der Waals surface area contributed by atoms with E-state index in [1.165, 1.54) is 19.2 Å². The van der Waals surface area contributed by atoms with Crippen LogP contribution in [-0.2, 0) is 0 Å². The van der Waals surface area contributed by atoms with Crippen molar-refractivity contribution in [2.75, 3.05) is 16.4 Å². The van der Waals surface area contributed by atoms with Crippen LogP contribution < -0.4 is 16.4 Å². The molecule has 4 N–H and O–H groups in total. The van der Waals surface area contributed by atoms with Gasteiger partial charge in [-0.3, -0.25) is 0 Å². The lowest BCUT2D eigenvalue weighted by Crippen LogP contribution is -2.19. The minimum Gasteiger partial charge on any atom is -0.383 e. The molecule has 31 heavy (non-hydrogen) atoms. The molecule has 0 saturated heterocycles. The van der Waals surface area contributed by atoms with Gasteiger partial charge in [-0.15, -0.1) is 0 Å². The summed E-state index contributed by atoms with van der Waals surface area (Å²) in [4.78, 5) is 21.0. The van der Waals surface area contributed by atoms with E-state index >= 15 is 0 Å². The fourth-order valence-electron chi connectivity index (χ4n) is 4.34. The Labute approximate surface area is 180 Å². The normalized spacial score (nSPS) is 14.1. The first-order valence-corrected chi connectivity index (χ1v) is 10.5. The lowest BCUT2D eigenvalue weighted by Gasteiger charge is -2.12. The number of fused-ring (bicyclic) bond motifs is 1. The number of nitrogens with two attached hydrogens (primary N) is 1. The maximum Gasteiger partial charge on any atom is 0.323 e. The summed E-state index contributed by atoms with van der Waals surface area (Å²) in [6.45, 7) is 0. The number of rotatable bonds is 4. The smallest absolute Gasteiger partial charge is 0.323 e. The van der Waals surface area contributed by atoms with Crippen LogP contribution in [0.3, 0.4) is 0 Å². The van der Waals surface area contributed by atoms with E-state index in [-0.39, 0.29) is 6.03 Å². The predicted octanol–water partition coefficient (Wildman–Crippen LogP) is 5.44. The van der Waals surface area contributed by atoms with Gasteiger partial charge in [0.1, 0.15) is 17.8 Å². The van der Waals surface area contributed by atoms with E-state index in [1.54, 1.807) is 0 Å². The zero-order chi connectivity index (χ0) is 21.2. The van der Waals surface area contributed by atoms with Crippen LogP contribution in [0.15, 0.2) is 67.1 Å². The third-order valence-corrected chi connectivity index (χ3v) is 5.84. The fourth-order valence-corrected chi connectivity index (χ4v) is 4.34. The number of hydrogen-bond acceptors (Lipinski definition) is 4. The van der Waals surface area contributed by atoms with Crippen LogP contribution in [0.1, 0.15) is 31.7 Å². The Bertz CT molecular complexity index is 1210. The number of carbonyl (C=O) groups excluding carboxylic acids is 1. The summed E-state index contributed by atoms with van der Waals surface area (Å²) in [5.74, 6) is 0.487. The zero-order valence-electron chi connectivity index (χ0n) is 17.1. The summed E-state index contributed by atoms with van der Waals surface area (Å²) in [5, 5.41) is 6.57. The molecule has 1 aliphatic carbocycles. The highest BCUT2D eigenvalue weighted by Crippen LogP contribution is 2.38. The quantitative estimate of drug-likeness (QED) is 0.416. The maximum atomic E-state index is 12.2. The number of nitrogens with one attached hydrogen (secondary N) is 2. The van der Waals surface area contributed by atoms with Crippen molar-refractivity contribution in [3.05, 3.63) is 67.1 Å². The number of benzene rings is 2. The van der Waals surface area contributed by atoms with E-state index in [0.717, 1.165) is 40.7 Å². The fraction of sp³-hybridized carbons (Fsp3) is 0.208. The number of para-hydroxylation sites is 1. The van der Waals surface area contributed by atoms with Crippen LogP contribution in [0, 0.1) is 0 Å². The summed E-state index contributed by atoms with van der Waals surface area (Å²) in [5.41, 5.74) is 10.6. The van der Waals surface area contributed by atoms with Gasteiger partial charge in [0.05, 0.1) is 5.39 Å². The molecule has 0 aliphatic heterocycles. The van der Waals surface area contributed by atoms with Crippen LogP contribution in [0.4, 0.5) is 22.0 Å². The number of nitrogen functional groups attached to an aromatic ring is 1. The number of urea groups is 1. The summed E-state index contributed by atoms with van der Waals surface area (Å²) in [6.07, 6.45) is 8.48. The Balaban J connectivity index is 1.41. The van der Waals surface area contributed by atoms with Gasteiger partial charge in [-0.1, -0.05) is 43.2 Å². The Kier molecular flexibility index (Phi) is 5.00. The highest BCUT2D eigenvalue weighted by molar-refractivity contribution is 6.02. The first-order chi connectivity index (χ1) is 15.2. The van der Waals surface area contributed by atoms with Crippen molar-refractivity contribution < 1.29 is 4.79 Å². The summed E-state index contributed by atoms with van der Waals surface area (Å²) in [7, 11) is 0. The van der Waals surface area contributed by atoms with Crippen molar-refractivity contribution in [1.29, 1.82) is 0 Å². The third kappa shape index (κ3) is 3.82.